The molecule has 0 aliphatic heterocycles. The van der Waals surface area contributed by atoms with Gasteiger partial charge in [0, 0.05) is 31.2 Å². The first-order valence-corrected chi connectivity index (χ1v) is 7.72. The highest BCUT2D eigenvalue weighted by molar-refractivity contribution is 6.17. The van der Waals surface area contributed by atoms with Crippen LogP contribution in [0.25, 0.3) is 11.0 Å². The number of aromatic nitrogens is 3. The maximum absolute atomic E-state index is 5.93. The lowest BCUT2D eigenvalue weighted by Crippen LogP contribution is -2.07. The number of para-hydroxylation sites is 1. The normalized spacial score (nSPS) is 11.1. The first-order valence-electron chi connectivity index (χ1n) is 7.19. The Labute approximate surface area is 129 Å². The standard InChI is InChI=1S/C17H18ClN3/c1-13-3-2-4-15-17(13)20-16(5-9-18)21(15)12-8-14-6-10-19-11-7-14/h2-4,6-7,10-11H,5,8-9,12H2,1H3. The second kappa shape index (κ2) is 6.27. The van der Waals surface area contributed by atoms with E-state index < -0.39 is 0 Å². The zero-order valence-corrected chi connectivity index (χ0v) is 12.8. The number of halogens is 1. The SMILES string of the molecule is Cc1cccc2c1nc(CCCl)n2CCc1ccncc1. The zero-order chi connectivity index (χ0) is 14.7. The maximum Gasteiger partial charge on any atom is 0.111 e. The number of hydrogen-bond acceptors (Lipinski definition) is 2. The van der Waals surface area contributed by atoms with E-state index in [1.54, 1.807) is 0 Å². The van der Waals surface area contributed by atoms with E-state index in [1.165, 1.54) is 16.6 Å². The van der Waals surface area contributed by atoms with Crippen LogP contribution >= 0.6 is 11.6 Å². The van der Waals surface area contributed by atoms with E-state index in [1.807, 2.05) is 12.4 Å². The van der Waals surface area contributed by atoms with Gasteiger partial charge in [0.2, 0.25) is 0 Å². The van der Waals surface area contributed by atoms with Crippen molar-refractivity contribution >= 4 is 22.6 Å². The number of fused-ring (bicyclic) bond motifs is 1. The van der Waals surface area contributed by atoms with Crippen LogP contribution in [0.15, 0.2) is 42.7 Å². The van der Waals surface area contributed by atoms with Gasteiger partial charge in [0.15, 0.2) is 0 Å². The van der Waals surface area contributed by atoms with Gasteiger partial charge < -0.3 is 4.57 Å². The maximum atomic E-state index is 5.93. The molecular weight excluding hydrogens is 282 g/mol. The fourth-order valence-corrected chi connectivity index (χ4v) is 2.82. The quantitative estimate of drug-likeness (QED) is 0.672. The first-order chi connectivity index (χ1) is 10.3. The van der Waals surface area contributed by atoms with Crippen LogP contribution in [0.4, 0.5) is 0 Å². The van der Waals surface area contributed by atoms with E-state index in [4.69, 9.17) is 16.6 Å². The van der Waals surface area contributed by atoms with E-state index in [-0.39, 0.29) is 0 Å². The number of alkyl halides is 1. The monoisotopic (exact) mass is 299 g/mol. The van der Waals surface area contributed by atoms with E-state index >= 15 is 0 Å². The lowest BCUT2D eigenvalue weighted by molar-refractivity contribution is 0.674. The second-order valence-electron chi connectivity index (χ2n) is 5.17. The molecule has 2 heterocycles. The topological polar surface area (TPSA) is 30.7 Å². The summed E-state index contributed by atoms with van der Waals surface area (Å²) in [6.45, 7) is 3.02. The highest BCUT2D eigenvalue weighted by Gasteiger charge is 2.11. The van der Waals surface area contributed by atoms with Crippen molar-refractivity contribution in [1.29, 1.82) is 0 Å². The average Bonchev–Trinajstić information content (AvgIpc) is 2.86. The fourth-order valence-electron chi connectivity index (χ4n) is 2.65. The van der Waals surface area contributed by atoms with Crippen LogP contribution in [0, 0.1) is 6.92 Å². The summed E-state index contributed by atoms with van der Waals surface area (Å²) in [4.78, 5) is 8.84. The van der Waals surface area contributed by atoms with Gasteiger partial charge in [0.25, 0.3) is 0 Å². The molecular formula is C17H18ClN3. The molecule has 0 atom stereocenters. The summed E-state index contributed by atoms with van der Waals surface area (Å²) >= 11 is 5.93. The Morgan fingerprint density at radius 1 is 1.10 bits per heavy atom. The molecule has 21 heavy (non-hydrogen) atoms. The number of hydrogen-bond donors (Lipinski definition) is 0. The van der Waals surface area contributed by atoms with Crippen LogP contribution in [-0.2, 0) is 19.4 Å². The van der Waals surface area contributed by atoms with Gasteiger partial charge in [-0.25, -0.2) is 4.98 Å². The predicted molar refractivity (Wildman–Crippen MR) is 86.8 cm³/mol. The highest BCUT2D eigenvalue weighted by atomic mass is 35.5. The number of nitrogens with zero attached hydrogens (tertiary/aromatic N) is 3. The van der Waals surface area contributed by atoms with Crippen molar-refractivity contribution in [2.24, 2.45) is 0 Å². The minimum Gasteiger partial charge on any atom is -0.328 e. The number of benzene rings is 1. The Morgan fingerprint density at radius 2 is 1.90 bits per heavy atom. The number of rotatable bonds is 5. The molecule has 3 nitrogen and oxygen atoms in total. The van der Waals surface area contributed by atoms with Crippen molar-refractivity contribution in [2.75, 3.05) is 5.88 Å². The third-order valence-electron chi connectivity index (χ3n) is 3.75. The van der Waals surface area contributed by atoms with Gasteiger partial charge in [-0.2, -0.15) is 0 Å². The summed E-state index contributed by atoms with van der Waals surface area (Å²) < 4.78 is 2.30. The van der Waals surface area contributed by atoms with Crippen molar-refractivity contribution in [1.82, 2.24) is 14.5 Å². The Hall–Kier alpha value is -1.87. The van der Waals surface area contributed by atoms with E-state index in [0.29, 0.717) is 5.88 Å². The molecule has 108 valence electrons. The molecule has 0 bridgehead atoms. The summed E-state index contributed by atoms with van der Waals surface area (Å²) in [7, 11) is 0. The minimum atomic E-state index is 0.595. The average molecular weight is 300 g/mol. The molecule has 0 amide bonds. The Balaban J connectivity index is 1.95. The third kappa shape index (κ3) is 2.93. The van der Waals surface area contributed by atoms with Gasteiger partial charge >= 0.3 is 0 Å². The van der Waals surface area contributed by atoms with Gasteiger partial charge in [-0.3, -0.25) is 4.98 Å². The Kier molecular flexibility index (Phi) is 4.20. The molecule has 0 radical (unpaired) electrons. The molecule has 0 spiro atoms. The largest absolute Gasteiger partial charge is 0.328 e. The molecule has 0 N–H and O–H groups in total. The van der Waals surface area contributed by atoms with Gasteiger partial charge in [0.1, 0.15) is 5.82 Å². The minimum absolute atomic E-state index is 0.595. The first kappa shape index (κ1) is 14.1. The van der Waals surface area contributed by atoms with Crippen LogP contribution < -0.4 is 0 Å². The van der Waals surface area contributed by atoms with E-state index in [0.717, 1.165) is 30.7 Å². The summed E-state index contributed by atoms with van der Waals surface area (Å²) in [6.07, 6.45) is 5.44. The molecule has 0 saturated carbocycles. The second-order valence-corrected chi connectivity index (χ2v) is 5.54. The van der Waals surface area contributed by atoms with Crippen LogP contribution in [0.2, 0.25) is 0 Å². The van der Waals surface area contributed by atoms with Crippen LogP contribution in [-0.4, -0.2) is 20.4 Å². The summed E-state index contributed by atoms with van der Waals surface area (Å²) in [6, 6.07) is 10.5. The molecule has 0 unspecified atom stereocenters. The van der Waals surface area contributed by atoms with Gasteiger partial charge in [-0.15, -0.1) is 11.6 Å². The predicted octanol–water partition coefficient (Wildman–Crippen LogP) is 3.76. The van der Waals surface area contributed by atoms with Crippen LogP contribution in [0.5, 0.6) is 0 Å². The lowest BCUT2D eigenvalue weighted by atomic mass is 10.2. The summed E-state index contributed by atoms with van der Waals surface area (Å²) in [5, 5.41) is 0. The van der Waals surface area contributed by atoms with Crippen LogP contribution in [0.3, 0.4) is 0 Å². The molecule has 2 aromatic heterocycles. The smallest absolute Gasteiger partial charge is 0.111 e. The summed E-state index contributed by atoms with van der Waals surface area (Å²) in [5.74, 6) is 1.67. The zero-order valence-electron chi connectivity index (χ0n) is 12.1. The molecule has 3 rings (SSSR count). The van der Waals surface area contributed by atoms with Crippen molar-refractivity contribution in [2.45, 2.75) is 26.3 Å². The molecule has 0 fully saturated rings. The lowest BCUT2D eigenvalue weighted by Gasteiger charge is -2.08. The van der Waals surface area contributed by atoms with E-state index in [9.17, 15) is 0 Å². The number of imidazole rings is 1. The van der Waals surface area contributed by atoms with Crippen molar-refractivity contribution in [3.8, 4) is 0 Å². The third-order valence-corrected chi connectivity index (χ3v) is 3.94. The van der Waals surface area contributed by atoms with Gasteiger partial charge in [-0.05, 0) is 42.7 Å². The number of pyridine rings is 1. The van der Waals surface area contributed by atoms with Crippen molar-refractivity contribution in [3.05, 3.63) is 59.7 Å². The highest BCUT2D eigenvalue weighted by Crippen LogP contribution is 2.21. The Morgan fingerprint density at radius 3 is 2.67 bits per heavy atom. The Bertz CT molecular complexity index is 734. The van der Waals surface area contributed by atoms with Gasteiger partial charge in [-0.1, -0.05) is 12.1 Å². The summed E-state index contributed by atoms with van der Waals surface area (Å²) in [5.41, 5.74) is 4.79. The van der Waals surface area contributed by atoms with E-state index in [2.05, 4.69) is 46.8 Å². The molecule has 0 aliphatic carbocycles. The fraction of sp³-hybridized carbons (Fsp3) is 0.294. The molecule has 0 saturated heterocycles. The molecule has 1 aromatic carbocycles. The van der Waals surface area contributed by atoms with Crippen molar-refractivity contribution in [3.63, 3.8) is 0 Å². The molecule has 0 aliphatic rings. The molecule has 3 aromatic rings. The molecule has 4 heteroatoms. The van der Waals surface area contributed by atoms with Gasteiger partial charge in [0.05, 0.1) is 11.0 Å². The van der Waals surface area contributed by atoms with Crippen LogP contribution in [0.1, 0.15) is 17.0 Å². The van der Waals surface area contributed by atoms with Crippen molar-refractivity contribution < 1.29 is 0 Å². The number of aryl methyl sites for hydroxylation is 4.